The molecular formula is C16H24O2. The molecule has 0 fully saturated rings. The maximum Gasteiger partial charge on any atom is 0.123 e. The number of fused-ring (bicyclic) bond motifs is 1. The predicted molar refractivity (Wildman–Crippen MR) is 74.4 cm³/mol. The van der Waals surface area contributed by atoms with E-state index in [-0.39, 0.29) is 11.0 Å². The summed E-state index contributed by atoms with van der Waals surface area (Å²) in [5, 5.41) is 10.2. The third-order valence-corrected chi connectivity index (χ3v) is 4.07. The van der Waals surface area contributed by atoms with Crippen molar-refractivity contribution in [3.8, 4) is 11.5 Å². The zero-order chi connectivity index (χ0) is 13.7. The monoisotopic (exact) mass is 248 g/mol. The molecule has 1 aliphatic rings. The molecular weight excluding hydrogens is 224 g/mol. The minimum Gasteiger partial charge on any atom is -0.508 e. The van der Waals surface area contributed by atoms with Gasteiger partial charge in [-0.05, 0) is 49.3 Å². The molecule has 0 saturated heterocycles. The molecule has 1 aromatic rings. The first-order valence-corrected chi connectivity index (χ1v) is 6.66. The molecule has 0 saturated carbocycles. The minimum absolute atomic E-state index is 0.0737. The van der Waals surface area contributed by atoms with Crippen LogP contribution in [0.25, 0.3) is 0 Å². The van der Waals surface area contributed by atoms with Crippen LogP contribution in [0.5, 0.6) is 11.5 Å². The zero-order valence-electron chi connectivity index (χ0n) is 12.3. The fourth-order valence-corrected chi connectivity index (χ4v) is 2.43. The highest BCUT2D eigenvalue weighted by atomic mass is 16.5. The average molecular weight is 248 g/mol. The molecule has 1 heterocycles. The van der Waals surface area contributed by atoms with Gasteiger partial charge in [0.1, 0.15) is 17.1 Å². The van der Waals surface area contributed by atoms with E-state index in [1.165, 1.54) is 0 Å². The van der Waals surface area contributed by atoms with Crippen LogP contribution in [0.2, 0.25) is 0 Å². The average Bonchev–Trinajstić information content (AvgIpc) is 2.18. The van der Waals surface area contributed by atoms with Gasteiger partial charge >= 0.3 is 0 Å². The third kappa shape index (κ3) is 2.21. The lowest BCUT2D eigenvalue weighted by atomic mass is 9.81. The number of phenolic OH excluding ortho intramolecular Hbond substituents is 1. The van der Waals surface area contributed by atoms with Gasteiger partial charge in [-0.15, -0.1) is 0 Å². The molecule has 100 valence electrons. The SMILES string of the molecule is CC1Cc2cc(O)c(C(C)(C)C)cc2OC1(C)C. The van der Waals surface area contributed by atoms with Crippen LogP contribution in [0.4, 0.5) is 0 Å². The van der Waals surface area contributed by atoms with Crippen molar-refractivity contribution < 1.29 is 9.84 Å². The molecule has 1 aromatic carbocycles. The van der Waals surface area contributed by atoms with E-state index < -0.39 is 0 Å². The van der Waals surface area contributed by atoms with Crippen LogP contribution >= 0.6 is 0 Å². The lowest BCUT2D eigenvalue weighted by Gasteiger charge is -2.39. The highest BCUT2D eigenvalue weighted by Gasteiger charge is 2.35. The van der Waals surface area contributed by atoms with Gasteiger partial charge in [0.15, 0.2) is 0 Å². The number of aromatic hydroxyl groups is 1. The number of rotatable bonds is 0. The standard InChI is InChI=1S/C16H24O2/c1-10-7-11-8-13(17)12(15(2,3)4)9-14(11)18-16(10,5)6/h8-10,17H,7H2,1-6H3. The van der Waals surface area contributed by atoms with Crippen molar-refractivity contribution in [2.75, 3.05) is 0 Å². The third-order valence-electron chi connectivity index (χ3n) is 4.07. The second kappa shape index (κ2) is 3.91. The van der Waals surface area contributed by atoms with Gasteiger partial charge in [-0.1, -0.05) is 27.7 Å². The summed E-state index contributed by atoms with van der Waals surface area (Å²) in [5.41, 5.74) is 1.85. The van der Waals surface area contributed by atoms with Crippen LogP contribution in [0.1, 0.15) is 52.7 Å². The normalized spacial score (nSPS) is 22.2. The Morgan fingerprint density at radius 1 is 1.28 bits per heavy atom. The van der Waals surface area contributed by atoms with E-state index in [1.807, 2.05) is 12.1 Å². The Hall–Kier alpha value is -1.18. The van der Waals surface area contributed by atoms with Gasteiger partial charge in [0.2, 0.25) is 0 Å². The summed E-state index contributed by atoms with van der Waals surface area (Å²) >= 11 is 0. The number of benzene rings is 1. The largest absolute Gasteiger partial charge is 0.508 e. The molecule has 1 unspecified atom stereocenters. The summed E-state index contributed by atoms with van der Waals surface area (Å²) in [5.74, 6) is 1.77. The maximum atomic E-state index is 10.2. The Balaban J connectivity index is 2.50. The molecule has 0 bridgehead atoms. The van der Waals surface area contributed by atoms with Crippen LogP contribution < -0.4 is 4.74 Å². The van der Waals surface area contributed by atoms with E-state index in [1.54, 1.807) is 0 Å². The summed E-state index contributed by atoms with van der Waals surface area (Å²) in [4.78, 5) is 0. The number of hydrogen-bond acceptors (Lipinski definition) is 2. The van der Waals surface area contributed by atoms with Gasteiger partial charge in [0, 0.05) is 5.56 Å². The van der Waals surface area contributed by atoms with Crippen molar-refractivity contribution in [3.63, 3.8) is 0 Å². The molecule has 2 heteroatoms. The van der Waals surface area contributed by atoms with Crippen molar-refractivity contribution in [1.82, 2.24) is 0 Å². The molecule has 18 heavy (non-hydrogen) atoms. The van der Waals surface area contributed by atoms with Gasteiger partial charge < -0.3 is 9.84 Å². The van der Waals surface area contributed by atoms with Crippen molar-refractivity contribution in [1.29, 1.82) is 0 Å². The van der Waals surface area contributed by atoms with Crippen LogP contribution in [0, 0.1) is 5.92 Å². The van der Waals surface area contributed by atoms with Crippen molar-refractivity contribution in [2.24, 2.45) is 5.92 Å². The lowest BCUT2D eigenvalue weighted by molar-refractivity contribution is 0.0351. The molecule has 1 aliphatic heterocycles. The fourth-order valence-electron chi connectivity index (χ4n) is 2.43. The maximum absolute atomic E-state index is 10.2. The number of hydrogen-bond donors (Lipinski definition) is 1. The van der Waals surface area contributed by atoms with Crippen molar-refractivity contribution in [3.05, 3.63) is 23.3 Å². The Labute approximate surface area is 110 Å². The molecule has 0 aromatic heterocycles. The number of phenols is 1. The second-order valence-electron chi connectivity index (χ2n) is 7.04. The first-order valence-electron chi connectivity index (χ1n) is 6.66. The van der Waals surface area contributed by atoms with Crippen molar-refractivity contribution in [2.45, 2.75) is 59.0 Å². The van der Waals surface area contributed by atoms with E-state index in [2.05, 4.69) is 41.5 Å². The Kier molecular flexibility index (Phi) is 2.88. The van der Waals surface area contributed by atoms with Gasteiger partial charge in [0.05, 0.1) is 0 Å². The first-order chi connectivity index (χ1) is 8.11. The highest BCUT2D eigenvalue weighted by Crippen LogP contribution is 2.42. The fraction of sp³-hybridized carbons (Fsp3) is 0.625. The topological polar surface area (TPSA) is 29.5 Å². The van der Waals surface area contributed by atoms with E-state index >= 15 is 0 Å². The van der Waals surface area contributed by atoms with E-state index in [0.29, 0.717) is 11.7 Å². The van der Waals surface area contributed by atoms with Crippen molar-refractivity contribution >= 4 is 0 Å². The minimum atomic E-state index is -0.140. The molecule has 2 nitrogen and oxygen atoms in total. The summed E-state index contributed by atoms with van der Waals surface area (Å²) in [6, 6.07) is 3.89. The Morgan fingerprint density at radius 3 is 2.44 bits per heavy atom. The molecule has 1 N–H and O–H groups in total. The van der Waals surface area contributed by atoms with E-state index in [0.717, 1.165) is 23.3 Å². The number of ether oxygens (including phenoxy) is 1. The van der Waals surface area contributed by atoms with Gasteiger partial charge in [0.25, 0.3) is 0 Å². The van der Waals surface area contributed by atoms with Crippen LogP contribution in [0.3, 0.4) is 0 Å². The van der Waals surface area contributed by atoms with Crippen LogP contribution in [-0.2, 0) is 11.8 Å². The second-order valence-corrected chi connectivity index (χ2v) is 7.04. The predicted octanol–water partition coefficient (Wildman–Crippen LogP) is 4.04. The smallest absolute Gasteiger partial charge is 0.123 e. The lowest BCUT2D eigenvalue weighted by Crippen LogP contribution is -2.40. The quantitative estimate of drug-likeness (QED) is 0.751. The highest BCUT2D eigenvalue weighted by molar-refractivity contribution is 5.49. The van der Waals surface area contributed by atoms with Gasteiger partial charge in [-0.2, -0.15) is 0 Å². The first kappa shape index (κ1) is 13.3. The van der Waals surface area contributed by atoms with Crippen LogP contribution in [-0.4, -0.2) is 10.7 Å². The van der Waals surface area contributed by atoms with Gasteiger partial charge in [-0.25, -0.2) is 0 Å². The molecule has 0 aliphatic carbocycles. The molecule has 2 rings (SSSR count). The summed E-state index contributed by atoms with van der Waals surface area (Å²) in [7, 11) is 0. The summed E-state index contributed by atoms with van der Waals surface area (Å²) in [6.45, 7) is 12.8. The van der Waals surface area contributed by atoms with Gasteiger partial charge in [-0.3, -0.25) is 0 Å². The Morgan fingerprint density at radius 2 is 1.89 bits per heavy atom. The molecule has 0 spiro atoms. The summed E-state index contributed by atoms with van der Waals surface area (Å²) in [6.07, 6.45) is 0.959. The van der Waals surface area contributed by atoms with E-state index in [9.17, 15) is 5.11 Å². The van der Waals surface area contributed by atoms with Crippen LogP contribution in [0.15, 0.2) is 12.1 Å². The van der Waals surface area contributed by atoms with E-state index in [4.69, 9.17) is 4.74 Å². The molecule has 0 amide bonds. The zero-order valence-corrected chi connectivity index (χ0v) is 12.3. The Bertz CT molecular complexity index is 467. The summed E-state index contributed by atoms with van der Waals surface area (Å²) < 4.78 is 6.11. The molecule has 0 radical (unpaired) electrons. The molecule has 1 atom stereocenters.